The molecule has 0 spiro atoms. The molecule has 0 aliphatic heterocycles. The van der Waals surface area contributed by atoms with Crippen LogP contribution in [0.25, 0.3) is 0 Å². The molecule has 0 unspecified atom stereocenters. The zero-order chi connectivity index (χ0) is 17.7. The first-order chi connectivity index (χ1) is 11.3. The minimum atomic E-state index is -3.77. The number of furan rings is 1. The Balaban J connectivity index is 2.21. The van der Waals surface area contributed by atoms with Gasteiger partial charge in [0.25, 0.3) is 0 Å². The second kappa shape index (κ2) is 7.63. The van der Waals surface area contributed by atoms with Gasteiger partial charge < -0.3 is 9.73 Å². The van der Waals surface area contributed by atoms with E-state index < -0.39 is 16.1 Å². The molecule has 0 radical (unpaired) electrons. The monoisotopic (exact) mass is 350 g/mol. The van der Waals surface area contributed by atoms with E-state index in [2.05, 4.69) is 10.0 Å². The van der Waals surface area contributed by atoms with Crippen molar-refractivity contribution in [3.8, 4) is 0 Å². The van der Waals surface area contributed by atoms with E-state index in [0.29, 0.717) is 5.76 Å². The predicted molar refractivity (Wildman–Crippen MR) is 90.8 cm³/mol. The molecule has 1 heterocycles. The Morgan fingerprint density at radius 3 is 2.38 bits per heavy atom. The number of carbonyl (C=O) groups excluding carboxylic acids is 1. The van der Waals surface area contributed by atoms with Crippen molar-refractivity contribution in [2.45, 2.75) is 44.2 Å². The number of hydrogen-bond acceptors (Lipinski definition) is 4. The topological polar surface area (TPSA) is 88.4 Å². The summed E-state index contributed by atoms with van der Waals surface area (Å²) in [7, 11) is -3.77. The molecule has 0 bridgehead atoms. The van der Waals surface area contributed by atoms with Gasteiger partial charge in [0.1, 0.15) is 5.76 Å². The Hall–Kier alpha value is -2.12. The van der Waals surface area contributed by atoms with Crippen LogP contribution in [0.5, 0.6) is 0 Å². The maximum Gasteiger partial charge on any atom is 0.241 e. The van der Waals surface area contributed by atoms with E-state index in [1.165, 1.54) is 18.4 Å². The molecule has 24 heavy (non-hydrogen) atoms. The highest BCUT2D eigenvalue weighted by Gasteiger charge is 2.25. The van der Waals surface area contributed by atoms with E-state index in [4.69, 9.17) is 4.42 Å². The van der Waals surface area contributed by atoms with Crippen molar-refractivity contribution in [3.63, 3.8) is 0 Å². The lowest BCUT2D eigenvalue weighted by Gasteiger charge is -2.17. The van der Waals surface area contributed by atoms with Crippen molar-refractivity contribution < 1.29 is 17.6 Å². The normalized spacial score (nSPS) is 13.0. The number of amides is 1. The zero-order valence-electron chi connectivity index (χ0n) is 13.9. The highest BCUT2D eigenvalue weighted by Crippen LogP contribution is 2.21. The van der Waals surface area contributed by atoms with Crippen LogP contribution in [0, 0.1) is 6.92 Å². The van der Waals surface area contributed by atoms with Crippen LogP contribution in [0.1, 0.15) is 37.6 Å². The van der Waals surface area contributed by atoms with Crippen molar-refractivity contribution in [1.29, 1.82) is 0 Å². The Labute approximate surface area is 142 Å². The molecule has 0 aliphatic carbocycles. The van der Waals surface area contributed by atoms with Crippen LogP contribution >= 0.6 is 0 Å². The molecular weight excluding hydrogens is 328 g/mol. The van der Waals surface area contributed by atoms with Crippen molar-refractivity contribution >= 4 is 15.9 Å². The minimum absolute atomic E-state index is 0.0246. The minimum Gasteiger partial charge on any atom is -0.468 e. The van der Waals surface area contributed by atoms with E-state index in [1.54, 1.807) is 24.3 Å². The average molecular weight is 350 g/mol. The molecule has 0 aliphatic rings. The fourth-order valence-electron chi connectivity index (χ4n) is 2.23. The third kappa shape index (κ3) is 4.94. The van der Waals surface area contributed by atoms with Gasteiger partial charge in [-0.05, 0) is 45.0 Å². The lowest BCUT2D eigenvalue weighted by molar-refractivity contribution is -0.122. The van der Waals surface area contributed by atoms with E-state index >= 15 is 0 Å². The lowest BCUT2D eigenvalue weighted by Crippen LogP contribution is -2.36. The third-order valence-electron chi connectivity index (χ3n) is 3.35. The summed E-state index contributed by atoms with van der Waals surface area (Å²) in [6.45, 7) is 5.57. The molecule has 1 aromatic carbocycles. The van der Waals surface area contributed by atoms with Crippen LogP contribution in [0.15, 0.2) is 52.0 Å². The summed E-state index contributed by atoms with van der Waals surface area (Å²) >= 11 is 0. The summed E-state index contributed by atoms with van der Waals surface area (Å²) in [5.41, 5.74) is 0.966. The molecule has 0 saturated heterocycles. The largest absolute Gasteiger partial charge is 0.468 e. The van der Waals surface area contributed by atoms with Crippen LogP contribution < -0.4 is 10.0 Å². The van der Waals surface area contributed by atoms with Crippen LogP contribution in [-0.2, 0) is 14.8 Å². The van der Waals surface area contributed by atoms with Gasteiger partial charge >= 0.3 is 0 Å². The van der Waals surface area contributed by atoms with Crippen LogP contribution in [0.3, 0.4) is 0 Å². The quantitative estimate of drug-likeness (QED) is 0.803. The molecule has 1 aromatic heterocycles. The number of nitrogens with one attached hydrogen (secondary N) is 2. The van der Waals surface area contributed by atoms with E-state index in [0.717, 1.165) is 5.56 Å². The third-order valence-corrected chi connectivity index (χ3v) is 4.84. The van der Waals surface area contributed by atoms with Gasteiger partial charge in [-0.2, -0.15) is 4.72 Å². The first-order valence-corrected chi connectivity index (χ1v) is 9.18. The van der Waals surface area contributed by atoms with E-state index in [9.17, 15) is 13.2 Å². The number of sulfonamides is 1. The van der Waals surface area contributed by atoms with Gasteiger partial charge in [0.05, 0.1) is 23.6 Å². The summed E-state index contributed by atoms with van der Waals surface area (Å²) in [5, 5.41) is 2.75. The molecular formula is C17H22N2O4S. The van der Waals surface area contributed by atoms with Crippen molar-refractivity contribution in [1.82, 2.24) is 10.0 Å². The summed E-state index contributed by atoms with van der Waals surface area (Å²) in [6, 6.07) is 9.02. The standard InChI is InChI=1S/C17H22N2O4S/c1-12(2)18-17(20)11-15(16-5-4-10-23-16)19-24(21,22)14-8-6-13(3)7-9-14/h4-10,12,15,19H,11H2,1-3H3,(H,18,20)/t15-/m1/s1. The van der Waals surface area contributed by atoms with Crippen molar-refractivity contribution in [2.75, 3.05) is 0 Å². The SMILES string of the molecule is Cc1ccc(S(=O)(=O)N[C@H](CC(=O)NC(C)C)c2ccco2)cc1. The van der Waals surface area contributed by atoms with Gasteiger partial charge in [0.15, 0.2) is 0 Å². The second-order valence-corrected chi connectivity index (χ2v) is 7.64. The number of carbonyl (C=O) groups is 1. The second-order valence-electron chi connectivity index (χ2n) is 5.93. The van der Waals surface area contributed by atoms with Crippen molar-refractivity contribution in [2.24, 2.45) is 0 Å². The molecule has 2 N–H and O–H groups in total. The van der Waals surface area contributed by atoms with Gasteiger partial charge in [0, 0.05) is 6.04 Å². The molecule has 1 amide bonds. The van der Waals surface area contributed by atoms with Gasteiger partial charge in [-0.15, -0.1) is 0 Å². The lowest BCUT2D eigenvalue weighted by atomic mass is 10.1. The fourth-order valence-corrected chi connectivity index (χ4v) is 3.43. The molecule has 0 saturated carbocycles. The average Bonchev–Trinajstić information content (AvgIpc) is 3.00. The maximum absolute atomic E-state index is 12.6. The predicted octanol–water partition coefficient (Wildman–Crippen LogP) is 2.52. The van der Waals surface area contributed by atoms with Crippen molar-refractivity contribution in [3.05, 3.63) is 54.0 Å². The summed E-state index contributed by atoms with van der Waals surface area (Å²) in [4.78, 5) is 12.2. The first kappa shape index (κ1) is 18.2. The fraction of sp³-hybridized carbons (Fsp3) is 0.353. The summed E-state index contributed by atoms with van der Waals surface area (Å²) < 4.78 is 33.0. The van der Waals surface area contributed by atoms with Crippen LogP contribution in [0.4, 0.5) is 0 Å². The Bertz CT molecular complexity index is 765. The Kier molecular flexibility index (Phi) is 5.80. The zero-order valence-corrected chi connectivity index (χ0v) is 14.8. The summed E-state index contributed by atoms with van der Waals surface area (Å²) in [6.07, 6.45) is 1.40. The number of benzene rings is 1. The Morgan fingerprint density at radius 2 is 1.83 bits per heavy atom. The highest BCUT2D eigenvalue weighted by atomic mass is 32.2. The smallest absolute Gasteiger partial charge is 0.241 e. The number of aryl methyl sites for hydroxylation is 1. The first-order valence-electron chi connectivity index (χ1n) is 7.69. The number of rotatable bonds is 7. The number of hydrogen-bond donors (Lipinski definition) is 2. The highest BCUT2D eigenvalue weighted by molar-refractivity contribution is 7.89. The van der Waals surface area contributed by atoms with Crippen LogP contribution in [0.2, 0.25) is 0 Å². The molecule has 7 heteroatoms. The van der Waals surface area contributed by atoms with Gasteiger partial charge in [-0.3, -0.25) is 4.79 Å². The molecule has 2 rings (SSSR count). The molecule has 130 valence electrons. The van der Waals surface area contributed by atoms with Gasteiger partial charge in [0.2, 0.25) is 15.9 Å². The molecule has 6 nitrogen and oxygen atoms in total. The summed E-state index contributed by atoms with van der Waals surface area (Å²) in [5.74, 6) is 0.141. The van der Waals surface area contributed by atoms with Crippen LogP contribution in [-0.4, -0.2) is 20.4 Å². The molecule has 1 atom stereocenters. The van der Waals surface area contributed by atoms with Gasteiger partial charge in [-0.25, -0.2) is 8.42 Å². The van der Waals surface area contributed by atoms with E-state index in [-0.39, 0.29) is 23.3 Å². The molecule has 2 aromatic rings. The Morgan fingerprint density at radius 1 is 1.17 bits per heavy atom. The maximum atomic E-state index is 12.6. The van der Waals surface area contributed by atoms with E-state index in [1.807, 2.05) is 20.8 Å². The van der Waals surface area contributed by atoms with Gasteiger partial charge in [-0.1, -0.05) is 17.7 Å². The molecule has 0 fully saturated rings.